The summed E-state index contributed by atoms with van der Waals surface area (Å²) >= 11 is 0. The highest BCUT2D eigenvalue weighted by molar-refractivity contribution is 7.91. The summed E-state index contributed by atoms with van der Waals surface area (Å²) in [6.45, 7) is 9.56. The fourth-order valence-electron chi connectivity index (χ4n) is 2.53. The molecule has 1 unspecified atom stereocenters. The molecule has 0 saturated carbocycles. The normalized spacial score (nSPS) is 22.2. The van der Waals surface area contributed by atoms with Gasteiger partial charge in [-0.1, -0.05) is 13.8 Å². The van der Waals surface area contributed by atoms with Crippen LogP contribution in [0, 0.1) is 5.92 Å². The zero-order chi connectivity index (χ0) is 15.2. The summed E-state index contributed by atoms with van der Waals surface area (Å²) in [4.78, 5) is 4.66. The van der Waals surface area contributed by atoms with E-state index in [0.29, 0.717) is 17.4 Å². The summed E-state index contributed by atoms with van der Waals surface area (Å²) in [5.74, 6) is 1.32. The molecule has 6 heteroatoms. The number of rotatable bonds is 9. The van der Waals surface area contributed by atoms with Gasteiger partial charge in [-0.15, -0.1) is 0 Å². The molecule has 1 heterocycles. The van der Waals surface area contributed by atoms with Crippen molar-refractivity contribution < 1.29 is 8.42 Å². The van der Waals surface area contributed by atoms with Gasteiger partial charge in [0.05, 0.1) is 11.5 Å². The van der Waals surface area contributed by atoms with E-state index >= 15 is 0 Å². The van der Waals surface area contributed by atoms with Crippen molar-refractivity contribution in [2.24, 2.45) is 5.92 Å². The first-order valence-corrected chi connectivity index (χ1v) is 9.41. The molecule has 1 aliphatic rings. The molecular formula is C14H31N3O2S. The number of hydrogen-bond acceptors (Lipinski definition) is 5. The Kier molecular flexibility index (Phi) is 7.43. The Balaban J connectivity index is 2.27. The Morgan fingerprint density at radius 2 is 1.90 bits per heavy atom. The van der Waals surface area contributed by atoms with Crippen molar-refractivity contribution in [1.82, 2.24) is 15.1 Å². The highest BCUT2D eigenvalue weighted by atomic mass is 32.2. The summed E-state index contributed by atoms with van der Waals surface area (Å²) in [6.07, 6.45) is 0.768. The highest BCUT2D eigenvalue weighted by Gasteiger charge is 2.27. The molecule has 1 atom stereocenters. The van der Waals surface area contributed by atoms with Gasteiger partial charge in [0.2, 0.25) is 0 Å². The molecule has 0 aliphatic carbocycles. The van der Waals surface area contributed by atoms with E-state index in [4.69, 9.17) is 0 Å². The van der Waals surface area contributed by atoms with Crippen LogP contribution in [-0.4, -0.2) is 82.6 Å². The zero-order valence-electron chi connectivity index (χ0n) is 13.4. The van der Waals surface area contributed by atoms with Crippen LogP contribution in [0.4, 0.5) is 0 Å². The lowest BCUT2D eigenvalue weighted by molar-refractivity contribution is 0.217. The second-order valence-electron chi connectivity index (χ2n) is 6.55. The molecule has 0 spiro atoms. The summed E-state index contributed by atoms with van der Waals surface area (Å²) < 4.78 is 22.8. The molecule has 0 radical (unpaired) electrons. The minimum absolute atomic E-state index is 0.162. The van der Waals surface area contributed by atoms with E-state index < -0.39 is 9.84 Å². The lowest BCUT2D eigenvalue weighted by Gasteiger charge is -2.26. The third-order valence-electron chi connectivity index (χ3n) is 3.58. The molecule has 1 fully saturated rings. The average Bonchev–Trinajstić information content (AvgIpc) is 2.65. The van der Waals surface area contributed by atoms with Gasteiger partial charge in [-0.3, -0.25) is 0 Å². The largest absolute Gasteiger partial charge is 0.312 e. The molecule has 1 aliphatic heterocycles. The van der Waals surface area contributed by atoms with E-state index in [1.807, 2.05) is 0 Å². The van der Waals surface area contributed by atoms with Crippen LogP contribution in [-0.2, 0) is 9.84 Å². The van der Waals surface area contributed by atoms with E-state index in [-0.39, 0.29) is 6.04 Å². The molecule has 0 amide bonds. The predicted octanol–water partition coefficient (Wildman–Crippen LogP) is 0.283. The monoisotopic (exact) mass is 305 g/mol. The summed E-state index contributed by atoms with van der Waals surface area (Å²) in [6, 6.07) is 0.162. The third-order valence-corrected chi connectivity index (χ3v) is 5.35. The van der Waals surface area contributed by atoms with Gasteiger partial charge in [0.25, 0.3) is 0 Å². The minimum atomic E-state index is -2.77. The second-order valence-corrected chi connectivity index (χ2v) is 8.78. The van der Waals surface area contributed by atoms with Crippen LogP contribution >= 0.6 is 0 Å². The van der Waals surface area contributed by atoms with Gasteiger partial charge in [0.1, 0.15) is 0 Å². The molecular weight excluding hydrogens is 274 g/mol. The van der Waals surface area contributed by atoms with Gasteiger partial charge in [-0.25, -0.2) is 8.42 Å². The zero-order valence-corrected chi connectivity index (χ0v) is 14.2. The van der Waals surface area contributed by atoms with Crippen molar-refractivity contribution in [3.63, 3.8) is 0 Å². The molecule has 1 saturated heterocycles. The van der Waals surface area contributed by atoms with E-state index in [1.54, 1.807) is 0 Å². The second kappa shape index (κ2) is 8.32. The van der Waals surface area contributed by atoms with E-state index in [0.717, 1.165) is 39.1 Å². The predicted molar refractivity (Wildman–Crippen MR) is 84.9 cm³/mol. The van der Waals surface area contributed by atoms with Crippen LogP contribution in [0.2, 0.25) is 0 Å². The Morgan fingerprint density at radius 1 is 1.20 bits per heavy atom. The minimum Gasteiger partial charge on any atom is -0.312 e. The van der Waals surface area contributed by atoms with Gasteiger partial charge < -0.3 is 15.1 Å². The van der Waals surface area contributed by atoms with Crippen molar-refractivity contribution >= 4 is 9.84 Å². The summed E-state index contributed by atoms with van der Waals surface area (Å²) in [7, 11) is 1.42. The first-order valence-electron chi connectivity index (χ1n) is 7.59. The number of hydrogen-bond donors (Lipinski definition) is 1. The molecule has 120 valence electrons. The van der Waals surface area contributed by atoms with Crippen LogP contribution in [0.15, 0.2) is 0 Å². The van der Waals surface area contributed by atoms with Gasteiger partial charge >= 0.3 is 0 Å². The smallest absolute Gasteiger partial charge is 0.151 e. The van der Waals surface area contributed by atoms with E-state index in [1.165, 1.54) is 0 Å². The summed E-state index contributed by atoms with van der Waals surface area (Å²) in [5, 5.41) is 3.39. The molecule has 20 heavy (non-hydrogen) atoms. The van der Waals surface area contributed by atoms with Gasteiger partial charge in [-0.2, -0.15) is 0 Å². The van der Waals surface area contributed by atoms with Crippen molar-refractivity contribution in [2.45, 2.75) is 26.3 Å². The number of nitrogens with zero attached hydrogens (tertiary/aromatic N) is 2. The Hall–Kier alpha value is -0.170. The fourth-order valence-corrected chi connectivity index (χ4v) is 4.24. The van der Waals surface area contributed by atoms with Crippen LogP contribution in [0.1, 0.15) is 20.3 Å². The molecule has 0 aromatic heterocycles. The highest BCUT2D eigenvalue weighted by Crippen LogP contribution is 2.10. The molecule has 0 bridgehead atoms. The van der Waals surface area contributed by atoms with Crippen molar-refractivity contribution in [3.05, 3.63) is 0 Å². The standard InChI is InChI=1S/C14H31N3O2S/c1-13(2)11-17(9-8-16(3)4)7-6-15-14-5-10-20(18,19)12-14/h13-15H,5-12H2,1-4H3. The van der Waals surface area contributed by atoms with Crippen LogP contribution in [0.5, 0.6) is 0 Å². The van der Waals surface area contributed by atoms with Crippen LogP contribution in [0.25, 0.3) is 0 Å². The lowest BCUT2D eigenvalue weighted by Crippen LogP contribution is -2.41. The Bertz CT molecular complexity index is 369. The number of likely N-dealkylation sites (N-methyl/N-ethyl adjacent to an activating group) is 1. The summed E-state index contributed by atoms with van der Waals surface area (Å²) in [5.41, 5.74) is 0. The first kappa shape index (κ1) is 17.9. The Morgan fingerprint density at radius 3 is 2.40 bits per heavy atom. The fraction of sp³-hybridized carbons (Fsp3) is 1.00. The third kappa shape index (κ3) is 7.57. The van der Waals surface area contributed by atoms with Crippen LogP contribution in [0.3, 0.4) is 0 Å². The van der Waals surface area contributed by atoms with Crippen molar-refractivity contribution in [2.75, 3.05) is 58.3 Å². The SMILES string of the molecule is CC(C)CN(CCNC1CCS(=O)(=O)C1)CCN(C)C. The van der Waals surface area contributed by atoms with Gasteiger partial charge in [0, 0.05) is 38.8 Å². The maximum Gasteiger partial charge on any atom is 0.151 e. The lowest BCUT2D eigenvalue weighted by atomic mass is 10.2. The number of sulfone groups is 1. The molecule has 1 rings (SSSR count). The van der Waals surface area contributed by atoms with Gasteiger partial charge in [0.15, 0.2) is 9.84 Å². The maximum absolute atomic E-state index is 11.4. The van der Waals surface area contributed by atoms with Gasteiger partial charge in [-0.05, 0) is 26.4 Å². The van der Waals surface area contributed by atoms with E-state index in [2.05, 4.69) is 43.1 Å². The topological polar surface area (TPSA) is 52.7 Å². The molecule has 0 aromatic rings. The average molecular weight is 305 g/mol. The van der Waals surface area contributed by atoms with Crippen molar-refractivity contribution in [1.29, 1.82) is 0 Å². The maximum atomic E-state index is 11.4. The van der Waals surface area contributed by atoms with Crippen LogP contribution < -0.4 is 5.32 Å². The van der Waals surface area contributed by atoms with Crippen molar-refractivity contribution in [3.8, 4) is 0 Å². The molecule has 0 aromatic carbocycles. The number of nitrogens with one attached hydrogen (secondary N) is 1. The van der Waals surface area contributed by atoms with E-state index in [9.17, 15) is 8.42 Å². The molecule has 5 nitrogen and oxygen atoms in total. The Labute approximate surface area is 124 Å². The first-order chi connectivity index (χ1) is 9.28. The molecule has 1 N–H and O–H groups in total. The quantitative estimate of drug-likeness (QED) is 0.663.